The summed E-state index contributed by atoms with van der Waals surface area (Å²) in [4.78, 5) is 11.1. The first-order valence-electron chi connectivity index (χ1n) is 5.18. The maximum Gasteiger partial charge on any atom is 0.261 e. The maximum atomic E-state index is 13.5. The van der Waals surface area contributed by atoms with Gasteiger partial charge in [0.1, 0.15) is 0 Å². The van der Waals surface area contributed by atoms with Crippen molar-refractivity contribution in [2.24, 2.45) is 0 Å². The number of carbonyl (C=O) groups is 1. The molecule has 0 fully saturated rings. The molecule has 0 aliphatic rings. The smallest absolute Gasteiger partial charge is 0.261 e. The molecule has 0 atom stereocenters. The zero-order chi connectivity index (χ0) is 15.0. The third-order valence-corrected chi connectivity index (χ3v) is 3.35. The highest BCUT2D eigenvalue weighted by Crippen LogP contribution is 2.22. The van der Waals surface area contributed by atoms with E-state index in [-0.39, 0.29) is 0 Å². The van der Waals surface area contributed by atoms with Gasteiger partial charge in [-0.1, -0.05) is 0 Å². The Labute approximate surface area is 114 Å². The Morgan fingerprint density at radius 3 is 2.21 bits per heavy atom. The van der Waals surface area contributed by atoms with Crippen LogP contribution in [-0.4, -0.2) is 19.9 Å². The molecule has 0 radical (unpaired) electrons. The highest BCUT2D eigenvalue weighted by atomic mass is 35.7. The largest absolute Gasteiger partial charge is 0.347 e. The monoisotopic (exact) mass is 311 g/mol. The SMILES string of the molecule is CC(C)(C)NC(=O)c1cc(S(=O)(=O)Cl)cc(F)c1F. The average molecular weight is 312 g/mol. The Balaban J connectivity index is 3.36. The van der Waals surface area contributed by atoms with Gasteiger partial charge in [0.05, 0.1) is 10.5 Å². The fourth-order valence-electron chi connectivity index (χ4n) is 1.28. The number of nitrogens with one attached hydrogen (secondary N) is 1. The second kappa shape index (κ2) is 5.05. The van der Waals surface area contributed by atoms with Gasteiger partial charge in [0.15, 0.2) is 11.6 Å². The van der Waals surface area contributed by atoms with Gasteiger partial charge < -0.3 is 5.32 Å². The van der Waals surface area contributed by atoms with E-state index in [1.807, 2.05) is 0 Å². The van der Waals surface area contributed by atoms with Crippen LogP contribution in [0, 0.1) is 11.6 Å². The summed E-state index contributed by atoms with van der Waals surface area (Å²) in [7, 11) is 0.788. The molecule has 1 rings (SSSR count). The van der Waals surface area contributed by atoms with E-state index in [9.17, 15) is 22.0 Å². The van der Waals surface area contributed by atoms with E-state index in [0.717, 1.165) is 0 Å². The molecular weight excluding hydrogens is 300 g/mol. The summed E-state index contributed by atoms with van der Waals surface area (Å²) in [5.74, 6) is -3.81. The molecular formula is C11H12ClF2NO3S. The standard InChI is InChI=1S/C11H12ClF2NO3S/c1-11(2,3)15-10(16)7-4-6(19(12,17)18)5-8(13)9(7)14/h4-5H,1-3H3,(H,15,16). The van der Waals surface area contributed by atoms with Crippen LogP contribution in [-0.2, 0) is 9.05 Å². The molecule has 0 spiro atoms. The minimum atomic E-state index is -4.26. The van der Waals surface area contributed by atoms with Crippen LogP contribution >= 0.6 is 10.7 Å². The summed E-state index contributed by atoms with van der Waals surface area (Å²) in [6.07, 6.45) is 0. The number of rotatable bonds is 2. The number of hydrogen-bond donors (Lipinski definition) is 1. The highest BCUT2D eigenvalue weighted by molar-refractivity contribution is 8.13. The van der Waals surface area contributed by atoms with E-state index in [0.29, 0.717) is 12.1 Å². The summed E-state index contributed by atoms with van der Waals surface area (Å²) >= 11 is 0. The van der Waals surface area contributed by atoms with Gasteiger partial charge in [0, 0.05) is 16.2 Å². The second-order valence-electron chi connectivity index (χ2n) is 4.91. The number of amides is 1. The quantitative estimate of drug-likeness (QED) is 0.853. The molecule has 1 aromatic carbocycles. The van der Waals surface area contributed by atoms with Crippen LogP contribution in [0.3, 0.4) is 0 Å². The van der Waals surface area contributed by atoms with Gasteiger partial charge in [-0.15, -0.1) is 0 Å². The van der Waals surface area contributed by atoms with Crippen LogP contribution in [0.5, 0.6) is 0 Å². The van der Waals surface area contributed by atoms with E-state index < -0.39 is 42.6 Å². The Morgan fingerprint density at radius 1 is 1.26 bits per heavy atom. The lowest BCUT2D eigenvalue weighted by Crippen LogP contribution is -2.41. The van der Waals surface area contributed by atoms with Crippen LogP contribution in [0.25, 0.3) is 0 Å². The minimum Gasteiger partial charge on any atom is -0.347 e. The Bertz CT molecular complexity index is 624. The average Bonchev–Trinajstić information content (AvgIpc) is 2.17. The fourth-order valence-corrected chi connectivity index (χ4v) is 2.05. The zero-order valence-electron chi connectivity index (χ0n) is 10.4. The molecule has 19 heavy (non-hydrogen) atoms. The molecule has 0 aliphatic heterocycles. The van der Waals surface area contributed by atoms with Crippen molar-refractivity contribution in [3.05, 3.63) is 29.3 Å². The number of carbonyl (C=O) groups excluding carboxylic acids is 1. The maximum absolute atomic E-state index is 13.5. The molecule has 0 heterocycles. The normalized spacial score (nSPS) is 12.3. The number of halogens is 3. The van der Waals surface area contributed by atoms with Crippen molar-refractivity contribution in [3.63, 3.8) is 0 Å². The van der Waals surface area contributed by atoms with Gasteiger partial charge in [0.2, 0.25) is 0 Å². The summed E-state index contributed by atoms with van der Waals surface area (Å²) in [5.41, 5.74) is -1.40. The van der Waals surface area contributed by atoms with Crippen LogP contribution < -0.4 is 5.32 Å². The van der Waals surface area contributed by atoms with Crippen LogP contribution in [0.4, 0.5) is 8.78 Å². The second-order valence-corrected chi connectivity index (χ2v) is 7.47. The van der Waals surface area contributed by atoms with Crippen LogP contribution in [0.15, 0.2) is 17.0 Å². The predicted octanol–water partition coefficient (Wildman–Crippen LogP) is 2.42. The first kappa shape index (κ1) is 15.8. The molecule has 0 aliphatic carbocycles. The molecule has 1 amide bonds. The lowest BCUT2D eigenvalue weighted by molar-refractivity contribution is 0.0914. The Kier molecular flexibility index (Phi) is 4.21. The van der Waals surface area contributed by atoms with E-state index >= 15 is 0 Å². The molecule has 1 N–H and O–H groups in total. The molecule has 0 saturated carbocycles. The van der Waals surface area contributed by atoms with Gasteiger partial charge in [-0.25, -0.2) is 17.2 Å². The van der Waals surface area contributed by atoms with Gasteiger partial charge >= 0.3 is 0 Å². The highest BCUT2D eigenvalue weighted by Gasteiger charge is 2.24. The molecule has 8 heteroatoms. The molecule has 0 unspecified atom stereocenters. The summed E-state index contributed by atoms with van der Waals surface area (Å²) in [6.45, 7) is 4.92. The fraction of sp³-hybridized carbons (Fsp3) is 0.364. The third kappa shape index (κ3) is 4.14. The first-order valence-corrected chi connectivity index (χ1v) is 7.49. The van der Waals surface area contributed by atoms with Crippen molar-refractivity contribution in [3.8, 4) is 0 Å². The molecule has 0 aromatic heterocycles. The van der Waals surface area contributed by atoms with E-state index in [1.165, 1.54) is 0 Å². The van der Waals surface area contributed by atoms with Crippen molar-refractivity contribution in [2.75, 3.05) is 0 Å². The third-order valence-electron chi connectivity index (χ3n) is 2.02. The van der Waals surface area contributed by atoms with Gasteiger partial charge in [-0.3, -0.25) is 4.79 Å². The summed E-state index contributed by atoms with van der Waals surface area (Å²) < 4.78 is 49.0. The Hall–Kier alpha value is -1.21. The number of benzene rings is 1. The van der Waals surface area contributed by atoms with Crippen LogP contribution in [0.2, 0.25) is 0 Å². The lowest BCUT2D eigenvalue weighted by Gasteiger charge is -2.20. The number of hydrogen-bond acceptors (Lipinski definition) is 3. The molecule has 0 bridgehead atoms. The van der Waals surface area contributed by atoms with Crippen molar-refractivity contribution in [1.29, 1.82) is 0 Å². The molecule has 106 valence electrons. The van der Waals surface area contributed by atoms with E-state index in [4.69, 9.17) is 10.7 Å². The van der Waals surface area contributed by atoms with Crippen molar-refractivity contribution in [1.82, 2.24) is 5.32 Å². The molecule has 0 saturated heterocycles. The van der Waals surface area contributed by atoms with E-state index in [1.54, 1.807) is 20.8 Å². The summed E-state index contributed by atoms with van der Waals surface area (Å²) in [5, 5.41) is 2.40. The van der Waals surface area contributed by atoms with Gasteiger partial charge in [-0.2, -0.15) is 0 Å². The zero-order valence-corrected chi connectivity index (χ0v) is 12.0. The van der Waals surface area contributed by atoms with Crippen molar-refractivity contribution >= 4 is 25.6 Å². The van der Waals surface area contributed by atoms with Gasteiger partial charge in [0.25, 0.3) is 15.0 Å². The first-order chi connectivity index (χ1) is 8.42. The molecule has 1 aromatic rings. The van der Waals surface area contributed by atoms with Gasteiger partial charge in [-0.05, 0) is 32.9 Å². The lowest BCUT2D eigenvalue weighted by atomic mass is 10.1. The minimum absolute atomic E-state index is 0.422. The summed E-state index contributed by atoms with van der Waals surface area (Å²) in [6, 6.07) is 1.12. The predicted molar refractivity (Wildman–Crippen MR) is 66.6 cm³/mol. The van der Waals surface area contributed by atoms with Crippen molar-refractivity contribution in [2.45, 2.75) is 31.2 Å². The molecule has 4 nitrogen and oxygen atoms in total. The van der Waals surface area contributed by atoms with Crippen LogP contribution in [0.1, 0.15) is 31.1 Å². The Morgan fingerprint density at radius 2 is 1.79 bits per heavy atom. The van der Waals surface area contributed by atoms with E-state index in [2.05, 4.69) is 5.32 Å². The van der Waals surface area contributed by atoms with Crippen molar-refractivity contribution < 1.29 is 22.0 Å². The topological polar surface area (TPSA) is 63.2 Å².